The van der Waals surface area contributed by atoms with Gasteiger partial charge in [-0.2, -0.15) is 9.97 Å². The van der Waals surface area contributed by atoms with E-state index in [9.17, 15) is 8.78 Å². The standard InChI is InChI=1S/C30H30ClF3N6O3S/c31-21-19(17-3-4-18(33)26-23(17)36-28(35)44-26)22(34)24-20-25(21)42-9-2-8-40(16-5-10-41-13-16)27(20)38-29(37-24)43-14-30-6-1-7-39(30)12-15(32)11-30/h3-4,15-16H,1-2,5-14H2,(H2,35,36)/t15-,16?,30+/m1/s1. The first-order chi connectivity index (χ1) is 21.3. The molecule has 3 saturated heterocycles. The second-order valence-corrected chi connectivity index (χ2v) is 13.4. The fraction of sp³-hybridized carbons (Fsp3) is 0.500. The van der Waals surface area contributed by atoms with Gasteiger partial charge in [-0.15, -0.1) is 0 Å². The van der Waals surface area contributed by atoms with E-state index in [-0.39, 0.29) is 61.4 Å². The number of hydrogen-bond donors (Lipinski definition) is 1. The molecule has 4 aliphatic heterocycles. The number of aromatic nitrogens is 3. The summed E-state index contributed by atoms with van der Waals surface area (Å²) in [5, 5.41) is 0.488. The van der Waals surface area contributed by atoms with Crippen LogP contribution in [0.2, 0.25) is 5.02 Å². The maximum atomic E-state index is 17.0. The molecular weight excluding hydrogens is 617 g/mol. The largest absolute Gasteiger partial charge is 0.491 e. The summed E-state index contributed by atoms with van der Waals surface area (Å²) in [7, 11) is 0. The summed E-state index contributed by atoms with van der Waals surface area (Å²) >= 11 is 7.96. The van der Waals surface area contributed by atoms with E-state index in [1.165, 1.54) is 12.1 Å². The number of halogens is 4. The predicted octanol–water partition coefficient (Wildman–Crippen LogP) is 5.75. The van der Waals surface area contributed by atoms with Gasteiger partial charge in [0.2, 0.25) is 0 Å². The highest BCUT2D eigenvalue weighted by Crippen LogP contribution is 2.50. The van der Waals surface area contributed by atoms with Crippen LogP contribution in [0.25, 0.3) is 32.2 Å². The lowest BCUT2D eigenvalue weighted by Crippen LogP contribution is -2.43. The molecule has 0 amide bonds. The van der Waals surface area contributed by atoms with Gasteiger partial charge in [0.15, 0.2) is 16.7 Å². The molecule has 9 nitrogen and oxygen atoms in total. The second kappa shape index (κ2) is 10.7. The van der Waals surface area contributed by atoms with Crippen LogP contribution in [0.4, 0.5) is 24.1 Å². The van der Waals surface area contributed by atoms with Crippen molar-refractivity contribution in [2.45, 2.75) is 49.9 Å². The first-order valence-electron chi connectivity index (χ1n) is 14.9. The van der Waals surface area contributed by atoms with Crippen molar-refractivity contribution in [2.24, 2.45) is 0 Å². The van der Waals surface area contributed by atoms with Gasteiger partial charge < -0.3 is 24.8 Å². The van der Waals surface area contributed by atoms with E-state index >= 15 is 4.39 Å². The number of hydrogen-bond acceptors (Lipinski definition) is 10. The van der Waals surface area contributed by atoms with E-state index in [0.717, 1.165) is 37.1 Å². The van der Waals surface area contributed by atoms with Crippen molar-refractivity contribution in [1.82, 2.24) is 19.9 Å². The van der Waals surface area contributed by atoms with Crippen LogP contribution >= 0.6 is 22.9 Å². The predicted molar refractivity (Wildman–Crippen MR) is 163 cm³/mol. The fourth-order valence-corrected chi connectivity index (χ4v) is 8.46. The van der Waals surface area contributed by atoms with Crippen LogP contribution in [0.5, 0.6) is 11.8 Å². The zero-order chi connectivity index (χ0) is 30.2. The second-order valence-electron chi connectivity index (χ2n) is 12.0. The first-order valence-corrected chi connectivity index (χ1v) is 16.1. The van der Waals surface area contributed by atoms with Gasteiger partial charge in [0, 0.05) is 37.2 Å². The maximum absolute atomic E-state index is 17.0. The number of nitrogens with zero attached hydrogens (tertiary/aromatic N) is 5. The lowest BCUT2D eigenvalue weighted by molar-refractivity contribution is 0.107. The Balaban J connectivity index is 1.33. The molecule has 14 heteroatoms. The van der Waals surface area contributed by atoms with Gasteiger partial charge in [0.1, 0.15) is 29.9 Å². The molecule has 0 saturated carbocycles. The number of nitrogen functional groups attached to an aromatic ring is 1. The summed E-state index contributed by atoms with van der Waals surface area (Å²) in [4.78, 5) is 18.0. The Morgan fingerprint density at radius 2 is 2.02 bits per heavy atom. The van der Waals surface area contributed by atoms with Crippen molar-refractivity contribution in [3.8, 4) is 22.9 Å². The number of nitrogens with two attached hydrogens (primary N) is 1. The minimum absolute atomic E-state index is 0.00848. The van der Waals surface area contributed by atoms with Crippen LogP contribution < -0.4 is 20.1 Å². The van der Waals surface area contributed by atoms with Crippen LogP contribution in [0.15, 0.2) is 12.1 Å². The van der Waals surface area contributed by atoms with E-state index in [1.54, 1.807) is 0 Å². The Hall–Kier alpha value is -3.13. The molecular formula is C30H30ClF3N6O3S. The van der Waals surface area contributed by atoms with Crippen LogP contribution in [0.3, 0.4) is 0 Å². The molecule has 6 heterocycles. The monoisotopic (exact) mass is 646 g/mol. The van der Waals surface area contributed by atoms with Crippen molar-refractivity contribution in [2.75, 3.05) is 56.7 Å². The SMILES string of the molecule is Nc1nc2c(-c3c(Cl)c4c5c(nc(OC[C@@]67CCCN6C[C@H](F)C7)nc5c3F)N(C3CCOC3)CCCO4)ccc(F)c2s1. The van der Waals surface area contributed by atoms with E-state index in [1.807, 2.05) is 0 Å². The van der Waals surface area contributed by atoms with Gasteiger partial charge in [0.25, 0.3) is 0 Å². The molecule has 3 fully saturated rings. The Labute approximate surface area is 260 Å². The van der Waals surface area contributed by atoms with Crippen LogP contribution in [0.1, 0.15) is 32.1 Å². The molecule has 44 heavy (non-hydrogen) atoms. The third-order valence-corrected chi connectivity index (χ3v) is 10.6. The maximum Gasteiger partial charge on any atom is 0.319 e. The van der Waals surface area contributed by atoms with Crippen molar-refractivity contribution >= 4 is 55.0 Å². The molecule has 0 aliphatic carbocycles. The molecule has 2 aromatic carbocycles. The zero-order valence-electron chi connectivity index (χ0n) is 23.8. The smallest absolute Gasteiger partial charge is 0.319 e. The van der Waals surface area contributed by atoms with Crippen molar-refractivity contribution in [3.63, 3.8) is 0 Å². The quantitative estimate of drug-likeness (QED) is 0.290. The van der Waals surface area contributed by atoms with E-state index in [2.05, 4.69) is 19.8 Å². The summed E-state index contributed by atoms with van der Waals surface area (Å²) in [6, 6.07) is 2.67. The highest BCUT2D eigenvalue weighted by molar-refractivity contribution is 7.22. The number of thiazole rings is 1. The lowest BCUT2D eigenvalue weighted by Gasteiger charge is -2.33. The van der Waals surface area contributed by atoms with Gasteiger partial charge in [0.05, 0.1) is 45.4 Å². The topological polar surface area (TPSA) is 98.9 Å². The molecule has 0 spiro atoms. The van der Waals surface area contributed by atoms with Gasteiger partial charge in [-0.05, 0) is 44.4 Å². The number of anilines is 2. The van der Waals surface area contributed by atoms with Gasteiger partial charge >= 0.3 is 6.01 Å². The average Bonchev–Trinajstić information content (AvgIpc) is 3.78. The summed E-state index contributed by atoms with van der Waals surface area (Å²) < 4.78 is 64.5. The summed E-state index contributed by atoms with van der Waals surface area (Å²) in [5.74, 6) is -0.571. The third-order valence-electron chi connectivity index (χ3n) is 9.36. The third kappa shape index (κ3) is 4.45. The van der Waals surface area contributed by atoms with E-state index in [0.29, 0.717) is 57.0 Å². The molecule has 232 valence electrons. The average molecular weight is 647 g/mol. The highest BCUT2D eigenvalue weighted by atomic mass is 35.5. The Kier molecular flexibility index (Phi) is 6.92. The van der Waals surface area contributed by atoms with Gasteiger partial charge in [-0.25, -0.2) is 18.2 Å². The van der Waals surface area contributed by atoms with Gasteiger partial charge in [-0.1, -0.05) is 22.9 Å². The molecule has 2 N–H and O–H groups in total. The van der Waals surface area contributed by atoms with Crippen LogP contribution in [-0.4, -0.2) is 83.7 Å². The van der Waals surface area contributed by atoms with E-state index in [4.69, 9.17) is 36.5 Å². The molecule has 4 aliphatic rings. The number of fused-ring (bicyclic) bond motifs is 2. The Bertz CT molecular complexity index is 1790. The van der Waals surface area contributed by atoms with Crippen molar-refractivity contribution in [1.29, 1.82) is 0 Å². The molecule has 2 aromatic heterocycles. The van der Waals surface area contributed by atoms with Crippen molar-refractivity contribution in [3.05, 3.63) is 28.8 Å². The van der Waals surface area contributed by atoms with Gasteiger partial charge in [-0.3, -0.25) is 4.90 Å². The van der Waals surface area contributed by atoms with E-state index < -0.39 is 23.3 Å². The summed E-state index contributed by atoms with van der Waals surface area (Å²) in [5.41, 5.74) is 5.90. The highest BCUT2D eigenvalue weighted by Gasteiger charge is 2.49. The minimum Gasteiger partial charge on any atom is -0.491 e. The minimum atomic E-state index is -0.920. The molecule has 8 rings (SSSR count). The fourth-order valence-electron chi connectivity index (χ4n) is 7.36. The Morgan fingerprint density at radius 1 is 1.14 bits per heavy atom. The number of benzene rings is 2. The van der Waals surface area contributed by atoms with Crippen LogP contribution in [0, 0.1) is 11.6 Å². The molecule has 0 radical (unpaired) electrons. The zero-order valence-corrected chi connectivity index (χ0v) is 25.3. The molecule has 4 aromatic rings. The number of rotatable bonds is 5. The Morgan fingerprint density at radius 3 is 2.86 bits per heavy atom. The first kappa shape index (κ1) is 28.4. The van der Waals surface area contributed by atoms with Crippen LogP contribution in [-0.2, 0) is 4.74 Å². The lowest BCUT2D eigenvalue weighted by atomic mass is 9.95. The number of alkyl halides is 1. The van der Waals surface area contributed by atoms with Crippen molar-refractivity contribution < 1.29 is 27.4 Å². The normalized spacial score (nSPS) is 25.4. The molecule has 3 atom stereocenters. The molecule has 0 bridgehead atoms. The summed E-state index contributed by atoms with van der Waals surface area (Å²) in [6.07, 6.45) is 2.66. The molecule has 1 unspecified atom stereocenters. The number of ether oxygens (including phenoxy) is 3. The summed E-state index contributed by atoms with van der Waals surface area (Å²) in [6.45, 7) is 3.41.